The van der Waals surface area contributed by atoms with E-state index in [0.717, 1.165) is 5.56 Å². The van der Waals surface area contributed by atoms with E-state index in [0.29, 0.717) is 41.0 Å². The van der Waals surface area contributed by atoms with Crippen molar-refractivity contribution >= 4 is 28.8 Å². The van der Waals surface area contributed by atoms with Crippen LogP contribution in [0.2, 0.25) is 0 Å². The van der Waals surface area contributed by atoms with E-state index in [4.69, 9.17) is 9.47 Å². The number of carbonyl (C=O) groups excluding carboxylic acids is 2. The second-order valence-electron chi connectivity index (χ2n) is 6.93. The summed E-state index contributed by atoms with van der Waals surface area (Å²) in [7, 11) is 1.59. The molecule has 144 valence electrons. The van der Waals surface area contributed by atoms with Gasteiger partial charge < -0.3 is 9.47 Å². The molecule has 1 aromatic carbocycles. The zero-order valence-corrected chi connectivity index (χ0v) is 16.8. The molecule has 1 fully saturated rings. The summed E-state index contributed by atoms with van der Waals surface area (Å²) in [6.07, 6.45) is 0.414. The topological polar surface area (TPSA) is 68.2 Å². The zero-order valence-electron chi connectivity index (χ0n) is 16.0. The maximum absolute atomic E-state index is 12.9. The molecule has 0 spiro atoms. The quantitative estimate of drug-likeness (QED) is 0.722. The summed E-state index contributed by atoms with van der Waals surface area (Å²) >= 11 is 1.53. The summed E-state index contributed by atoms with van der Waals surface area (Å²) in [5, 5.41) is 0.636. The maximum Gasteiger partial charge on any atom is 0.338 e. The number of carbonyl (C=O) groups is 2. The number of amidine groups is 1. The van der Waals surface area contributed by atoms with E-state index in [1.807, 2.05) is 38.1 Å². The van der Waals surface area contributed by atoms with Crippen LogP contribution >= 0.6 is 11.8 Å². The molecular formula is C20H24N2O4S. The molecule has 2 heterocycles. The first-order chi connectivity index (χ1) is 12.9. The van der Waals surface area contributed by atoms with Gasteiger partial charge in [-0.25, -0.2) is 9.79 Å². The van der Waals surface area contributed by atoms with Crippen LogP contribution in [0.25, 0.3) is 0 Å². The Morgan fingerprint density at radius 3 is 2.89 bits per heavy atom. The first-order valence-corrected chi connectivity index (χ1v) is 9.96. The van der Waals surface area contributed by atoms with Crippen molar-refractivity contribution in [2.24, 2.45) is 10.9 Å². The van der Waals surface area contributed by atoms with Crippen molar-refractivity contribution in [2.45, 2.75) is 33.2 Å². The lowest BCUT2D eigenvalue weighted by atomic mass is 9.94. The number of nitrogens with zero attached hydrogens (tertiary/aromatic N) is 2. The number of esters is 1. The third-order valence-corrected chi connectivity index (χ3v) is 5.34. The molecule has 2 aliphatic rings. The third-order valence-electron chi connectivity index (χ3n) is 4.38. The monoisotopic (exact) mass is 388 g/mol. The van der Waals surface area contributed by atoms with Gasteiger partial charge in [0.25, 0.3) is 0 Å². The number of hydrogen-bond acceptors (Lipinski definition) is 6. The van der Waals surface area contributed by atoms with Crippen LogP contribution in [0.4, 0.5) is 0 Å². The number of fused-ring (bicyclic) bond motifs is 1. The molecule has 0 N–H and O–H groups in total. The molecule has 3 rings (SSSR count). The Balaban J connectivity index is 2.08. The van der Waals surface area contributed by atoms with Crippen LogP contribution in [0.15, 0.2) is 40.5 Å². The van der Waals surface area contributed by atoms with Gasteiger partial charge in [0.2, 0.25) is 5.91 Å². The van der Waals surface area contributed by atoms with Gasteiger partial charge in [-0.3, -0.25) is 9.69 Å². The Morgan fingerprint density at radius 1 is 1.41 bits per heavy atom. The lowest BCUT2D eigenvalue weighted by molar-refractivity contribution is -0.141. The fraction of sp³-hybridized carbons (Fsp3) is 0.450. The third kappa shape index (κ3) is 4.03. The Morgan fingerprint density at radius 2 is 2.19 bits per heavy atom. The van der Waals surface area contributed by atoms with Gasteiger partial charge in [-0.15, -0.1) is 0 Å². The van der Waals surface area contributed by atoms with Crippen molar-refractivity contribution in [3.05, 3.63) is 41.1 Å². The predicted octanol–water partition coefficient (Wildman–Crippen LogP) is 3.54. The molecule has 0 unspecified atom stereocenters. The van der Waals surface area contributed by atoms with E-state index in [2.05, 4.69) is 4.99 Å². The number of methoxy groups -OCH3 is 1. The Labute approximate surface area is 163 Å². The molecule has 6 nitrogen and oxygen atoms in total. The van der Waals surface area contributed by atoms with Gasteiger partial charge in [-0.2, -0.15) is 0 Å². The molecule has 0 bridgehead atoms. The van der Waals surface area contributed by atoms with Crippen molar-refractivity contribution in [3.63, 3.8) is 0 Å². The van der Waals surface area contributed by atoms with Crippen LogP contribution in [0.5, 0.6) is 5.75 Å². The minimum Gasteiger partial charge on any atom is -0.497 e. The van der Waals surface area contributed by atoms with Crippen LogP contribution in [0.3, 0.4) is 0 Å². The maximum atomic E-state index is 12.9. The molecule has 0 radical (unpaired) electrons. The average molecular weight is 388 g/mol. The normalized spacial score (nSPS) is 19.7. The highest BCUT2D eigenvalue weighted by Gasteiger charge is 2.41. The lowest BCUT2D eigenvalue weighted by Gasteiger charge is -2.39. The fourth-order valence-corrected chi connectivity index (χ4v) is 4.11. The van der Waals surface area contributed by atoms with Gasteiger partial charge in [-0.1, -0.05) is 37.7 Å². The number of benzene rings is 1. The second-order valence-corrected chi connectivity index (χ2v) is 7.99. The molecule has 1 atom stereocenters. The number of rotatable bonds is 5. The number of aliphatic imine (C=N–C) groups is 1. The van der Waals surface area contributed by atoms with E-state index in [-0.39, 0.29) is 11.8 Å². The molecule has 7 heteroatoms. The summed E-state index contributed by atoms with van der Waals surface area (Å²) in [4.78, 5) is 31.8. The summed E-state index contributed by atoms with van der Waals surface area (Å²) < 4.78 is 10.8. The van der Waals surface area contributed by atoms with Crippen molar-refractivity contribution in [1.82, 2.24) is 4.90 Å². The summed E-state index contributed by atoms with van der Waals surface area (Å²) in [5.74, 6) is 1.11. The number of allylic oxidation sites excluding steroid dienone is 1. The van der Waals surface area contributed by atoms with Crippen LogP contribution < -0.4 is 4.74 Å². The number of ether oxygens (including phenoxy) is 2. The summed E-state index contributed by atoms with van der Waals surface area (Å²) in [5.41, 5.74) is 1.79. The SMILES string of the molecule is COc1cccc([C@H]2C(C(=O)OCC(C)C)=C(C)N=C3SCCC(=O)N32)c1. The standard InChI is InChI=1S/C20H24N2O4S/c1-12(2)11-26-19(24)17-13(3)21-20-22(16(23)8-9-27-20)18(17)14-6-5-7-15(10-14)25-4/h5-7,10,12,18H,8-9,11H2,1-4H3/t18-/m0/s1. The molecular weight excluding hydrogens is 364 g/mol. The van der Waals surface area contributed by atoms with Crippen molar-refractivity contribution in [3.8, 4) is 5.75 Å². The molecule has 0 saturated carbocycles. The molecule has 27 heavy (non-hydrogen) atoms. The summed E-state index contributed by atoms with van der Waals surface area (Å²) in [6.45, 7) is 6.08. The molecule has 1 saturated heterocycles. The van der Waals surface area contributed by atoms with Gasteiger partial charge in [-0.05, 0) is 30.5 Å². The van der Waals surface area contributed by atoms with E-state index in [1.54, 1.807) is 18.9 Å². The van der Waals surface area contributed by atoms with Crippen molar-refractivity contribution < 1.29 is 19.1 Å². The first-order valence-electron chi connectivity index (χ1n) is 8.97. The molecule has 2 aliphatic heterocycles. The number of thioether (sulfide) groups is 1. The van der Waals surface area contributed by atoms with Crippen LogP contribution in [0, 0.1) is 5.92 Å². The van der Waals surface area contributed by atoms with Gasteiger partial charge in [0, 0.05) is 12.2 Å². The Hall–Kier alpha value is -2.28. The molecule has 0 aliphatic carbocycles. The summed E-state index contributed by atoms with van der Waals surface area (Å²) in [6, 6.07) is 6.87. The van der Waals surface area contributed by atoms with Crippen LogP contribution in [-0.2, 0) is 14.3 Å². The highest BCUT2D eigenvalue weighted by molar-refractivity contribution is 8.14. The highest BCUT2D eigenvalue weighted by atomic mass is 32.2. The van der Waals surface area contributed by atoms with Gasteiger partial charge in [0.05, 0.1) is 31.0 Å². The Kier molecular flexibility index (Phi) is 5.89. The molecule has 1 aromatic rings. The zero-order chi connectivity index (χ0) is 19.6. The van der Waals surface area contributed by atoms with E-state index >= 15 is 0 Å². The first kappa shape index (κ1) is 19.5. The number of amides is 1. The van der Waals surface area contributed by atoms with E-state index < -0.39 is 12.0 Å². The van der Waals surface area contributed by atoms with Crippen LogP contribution in [-0.4, -0.2) is 41.4 Å². The second kappa shape index (κ2) is 8.17. The lowest BCUT2D eigenvalue weighted by Crippen LogP contribution is -2.45. The fourth-order valence-electron chi connectivity index (χ4n) is 3.10. The largest absolute Gasteiger partial charge is 0.497 e. The average Bonchev–Trinajstić information content (AvgIpc) is 2.65. The van der Waals surface area contributed by atoms with E-state index in [1.165, 1.54) is 11.8 Å². The highest BCUT2D eigenvalue weighted by Crippen LogP contribution is 2.41. The van der Waals surface area contributed by atoms with Gasteiger partial charge in [0.15, 0.2) is 5.17 Å². The molecule has 1 amide bonds. The van der Waals surface area contributed by atoms with Gasteiger partial charge >= 0.3 is 5.97 Å². The predicted molar refractivity (Wildman–Crippen MR) is 106 cm³/mol. The molecule has 0 aromatic heterocycles. The number of hydrogen-bond donors (Lipinski definition) is 0. The van der Waals surface area contributed by atoms with Crippen LogP contribution in [0.1, 0.15) is 38.8 Å². The van der Waals surface area contributed by atoms with E-state index in [9.17, 15) is 9.59 Å². The van der Waals surface area contributed by atoms with Crippen molar-refractivity contribution in [2.75, 3.05) is 19.5 Å². The minimum absolute atomic E-state index is 0.0398. The van der Waals surface area contributed by atoms with Gasteiger partial charge in [0.1, 0.15) is 5.75 Å². The smallest absolute Gasteiger partial charge is 0.338 e. The minimum atomic E-state index is -0.562. The Bertz CT molecular complexity index is 816. The van der Waals surface area contributed by atoms with Crippen molar-refractivity contribution in [1.29, 1.82) is 0 Å².